The molecule has 18 heteroatoms. The molecule has 2 heterocycles. The van der Waals surface area contributed by atoms with Crippen molar-refractivity contribution in [3.05, 3.63) is 68.3 Å². The number of carbonyl (C=O) groups is 2. The first-order valence-electron chi connectivity index (χ1n) is 16.0. The number of benzene rings is 2. The van der Waals surface area contributed by atoms with Gasteiger partial charge in [0.25, 0.3) is 11.4 Å². The van der Waals surface area contributed by atoms with Crippen LogP contribution in [0.4, 0.5) is 29.7 Å². The number of methoxy groups -OCH3 is 1. The van der Waals surface area contributed by atoms with E-state index in [0.717, 1.165) is 36.4 Å². The molecule has 2 aliphatic rings. The number of nitrogens with zero attached hydrogens (tertiary/aromatic N) is 4. The average molecular weight is 759 g/mol. The van der Waals surface area contributed by atoms with Gasteiger partial charge in [0.2, 0.25) is 0 Å². The lowest BCUT2D eigenvalue weighted by atomic mass is 10.2. The molecule has 0 aromatic heterocycles. The maximum atomic E-state index is 13.6. The van der Waals surface area contributed by atoms with E-state index in [1.165, 1.54) is 16.9 Å². The Balaban J connectivity index is 0.000000511. The standard InChI is InChI=1S/C17H23FN2O6.C16H21FN2O6.2CH4/c1-17(2,3)26-16(21)19-9-15(8-13(19)10-24-4)25-14-6-11(18)5-12(7-14)20(22)23;1-16(2,3)25-15(21)18-8-14(7-12(18)9-20)24-13-5-10(17)4-11(6-13)19(22)23;;/h5-7,13,15H,8-10H2,1-4H3;4-6,12,14,20H,7-9H2,1-3H3;2*1H4/t13-,15+;12-,14+;;/m00../s1. The van der Waals surface area contributed by atoms with Gasteiger partial charge in [0.15, 0.2) is 0 Å². The number of amides is 2. The van der Waals surface area contributed by atoms with E-state index in [2.05, 4.69) is 0 Å². The molecular formula is C35H52F2N4O12. The Hall–Kier alpha value is -4.84. The van der Waals surface area contributed by atoms with Crippen LogP contribution in [0.2, 0.25) is 0 Å². The number of nitro groups is 2. The Morgan fingerprint density at radius 3 is 1.47 bits per heavy atom. The maximum absolute atomic E-state index is 13.6. The zero-order chi connectivity index (χ0) is 38.3. The fourth-order valence-corrected chi connectivity index (χ4v) is 5.36. The predicted molar refractivity (Wildman–Crippen MR) is 190 cm³/mol. The summed E-state index contributed by atoms with van der Waals surface area (Å²) in [6.07, 6.45) is -1.31. The number of hydrogen-bond acceptors (Lipinski definition) is 12. The highest BCUT2D eigenvalue weighted by atomic mass is 19.1. The van der Waals surface area contributed by atoms with Crippen LogP contribution in [0.15, 0.2) is 36.4 Å². The quantitative estimate of drug-likeness (QED) is 0.206. The summed E-state index contributed by atoms with van der Waals surface area (Å²) in [4.78, 5) is 47.7. The Morgan fingerprint density at radius 1 is 0.755 bits per heavy atom. The first-order valence-corrected chi connectivity index (χ1v) is 16.0. The van der Waals surface area contributed by atoms with E-state index in [9.17, 15) is 43.7 Å². The van der Waals surface area contributed by atoms with E-state index >= 15 is 0 Å². The number of rotatable bonds is 9. The van der Waals surface area contributed by atoms with E-state index in [1.807, 2.05) is 0 Å². The van der Waals surface area contributed by atoms with Crippen molar-refractivity contribution >= 4 is 23.6 Å². The van der Waals surface area contributed by atoms with Crippen LogP contribution in [0.1, 0.15) is 69.2 Å². The molecule has 2 aromatic carbocycles. The van der Waals surface area contributed by atoms with Crippen LogP contribution in [0.25, 0.3) is 0 Å². The molecule has 0 bridgehead atoms. The lowest BCUT2D eigenvalue weighted by Gasteiger charge is -2.28. The van der Waals surface area contributed by atoms with Crippen LogP contribution < -0.4 is 9.47 Å². The first kappa shape index (κ1) is 46.2. The molecule has 16 nitrogen and oxygen atoms in total. The van der Waals surface area contributed by atoms with Gasteiger partial charge in [-0.1, -0.05) is 14.9 Å². The second-order valence-electron chi connectivity index (χ2n) is 14.0. The number of halogens is 2. The largest absolute Gasteiger partial charge is 0.488 e. The molecule has 2 saturated heterocycles. The number of non-ortho nitro benzene ring substituents is 2. The topological polar surface area (TPSA) is 193 Å². The summed E-state index contributed by atoms with van der Waals surface area (Å²) in [7, 11) is 1.53. The van der Waals surface area contributed by atoms with Crippen molar-refractivity contribution in [3.8, 4) is 11.5 Å². The molecule has 0 unspecified atom stereocenters. The molecule has 2 aliphatic heterocycles. The zero-order valence-electron chi connectivity index (χ0n) is 29.5. The molecule has 2 fully saturated rings. The van der Waals surface area contributed by atoms with Gasteiger partial charge >= 0.3 is 12.2 Å². The van der Waals surface area contributed by atoms with Crippen LogP contribution in [0.3, 0.4) is 0 Å². The van der Waals surface area contributed by atoms with E-state index in [4.69, 9.17) is 23.7 Å². The van der Waals surface area contributed by atoms with Gasteiger partial charge in [-0.3, -0.25) is 30.0 Å². The first-order chi connectivity index (χ1) is 23.7. The van der Waals surface area contributed by atoms with Gasteiger partial charge in [-0.25, -0.2) is 18.4 Å². The third-order valence-electron chi connectivity index (χ3n) is 7.32. The predicted octanol–water partition coefficient (Wildman–Crippen LogP) is 6.89. The number of likely N-dealkylation sites (tertiary alicyclic amines) is 2. The van der Waals surface area contributed by atoms with Crippen molar-refractivity contribution < 1.29 is 57.0 Å². The number of aliphatic hydroxyl groups excluding tert-OH is 1. The second kappa shape index (κ2) is 19.3. The molecule has 298 valence electrons. The highest BCUT2D eigenvalue weighted by Gasteiger charge is 2.40. The highest BCUT2D eigenvalue weighted by Crippen LogP contribution is 2.30. The number of ether oxygens (including phenoxy) is 5. The van der Waals surface area contributed by atoms with Gasteiger partial charge in [-0.2, -0.15) is 0 Å². The van der Waals surface area contributed by atoms with Gasteiger partial charge in [-0.15, -0.1) is 0 Å². The monoisotopic (exact) mass is 758 g/mol. The second-order valence-corrected chi connectivity index (χ2v) is 14.0. The number of hydrogen-bond donors (Lipinski definition) is 1. The molecule has 0 radical (unpaired) electrons. The third-order valence-corrected chi connectivity index (χ3v) is 7.32. The molecule has 0 saturated carbocycles. The number of carbonyl (C=O) groups excluding carboxylic acids is 2. The van der Waals surface area contributed by atoms with E-state index < -0.39 is 74.5 Å². The summed E-state index contributed by atoms with van der Waals surface area (Å²) >= 11 is 0. The fourth-order valence-electron chi connectivity index (χ4n) is 5.36. The van der Waals surface area contributed by atoms with Crippen LogP contribution >= 0.6 is 0 Å². The molecule has 4 rings (SSSR count). The summed E-state index contributed by atoms with van der Waals surface area (Å²) < 4.78 is 54.2. The minimum atomic E-state index is -0.787. The van der Waals surface area contributed by atoms with Crippen molar-refractivity contribution in [3.63, 3.8) is 0 Å². The SMILES string of the molecule is C.C.CC(C)(C)OC(=O)N1C[C@H](Oc2cc(F)cc([N+](=O)[O-])c2)C[C@H]1CO.COC[C@@H]1C[C@@H](Oc2cc(F)cc([N+](=O)[O-])c2)CN1C(=O)OC(C)(C)C. The van der Waals surface area contributed by atoms with Crippen LogP contribution in [0, 0.1) is 31.9 Å². The Labute approximate surface area is 308 Å². The lowest BCUT2D eigenvalue weighted by Crippen LogP contribution is -2.42. The molecule has 2 amide bonds. The number of aliphatic hydroxyl groups is 1. The zero-order valence-corrected chi connectivity index (χ0v) is 29.5. The van der Waals surface area contributed by atoms with Crippen LogP contribution in [-0.2, 0) is 14.2 Å². The van der Waals surface area contributed by atoms with Gasteiger partial charge in [0.05, 0.1) is 72.5 Å². The van der Waals surface area contributed by atoms with Gasteiger partial charge < -0.3 is 28.8 Å². The van der Waals surface area contributed by atoms with Crippen LogP contribution in [-0.4, -0.2) is 106 Å². The molecule has 53 heavy (non-hydrogen) atoms. The Bertz CT molecular complexity index is 1570. The maximum Gasteiger partial charge on any atom is 0.410 e. The molecule has 2 aromatic rings. The van der Waals surface area contributed by atoms with Crippen molar-refractivity contribution in [1.29, 1.82) is 0 Å². The normalized spacial score (nSPS) is 19.5. The average Bonchev–Trinajstić information content (AvgIpc) is 3.59. The van der Waals surface area contributed by atoms with Crippen molar-refractivity contribution in [1.82, 2.24) is 9.80 Å². The van der Waals surface area contributed by atoms with E-state index in [1.54, 1.807) is 41.5 Å². The molecule has 0 aliphatic carbocycles. The fraction of sp³-hybridized carbons (Fsp3) is 0.600. The minimum absolute atomic E-state index is 0. The van der Waals surface area contributed by atoms with E-state index in [0.29, 0.717) is 19.4 Å². The van der Waals surface area contributed by atoms with Crippen molar-refractivity contribution in [2.24, 2.45) is 0 Å². The van der Waals surface area contributed by atoms with Gasteiger partial charge in [0, 0.05) is 32.1 Å². The summed E-state index contributed by atoms with van der Waals surface area (Å²) in [5.74, 6) is -1.50. The smallest absolute Gasteiger partial charge is 0.410 e. The van der Waals surface area contributed by atoms with Gasteiger partial charge in [-0.05, 0) is 41.5 Å². The molecule has 0 spiro atoms. The van der Waals surface area contributed by atoms with E-state index in [-0.39, 0.29) is 52.1 Å². The van der Waals surface area contributed by atoms with Gasteiger partial charge in [0.1, 0.15) is 46.5 Å². The number of nitro benzene ring substituents is 2. The summed E-state index contributed by atoms with van der Waals surface area (Å²) in [5.41, 5.74) is -2.14. The Morgan fingerprint density at radius 2 is 1.13 bits per heavy atom. The highest BCUT2D eigenvalue weighted by molar-refractivity contribution is 5.69. The summed E-state index contributed by atoms with van der Waals surface area (Å²) in [6.45, 7) is 10.9. The van der Waals surface area contributed by atoms with Crippen LogP contribution in [0.5, 0.6) is 11.5 Å². The Kier molecular flexibility index (Phi) is 16.8. The summed E-state index contributed by atoms with van der Waals surface area (Å²) in [5, 5.41) is 31.1. The lowest BCUT2D eigenvalue weighted by molar-refractivity contribution is -0.385. The molecular weight excluding hydrogens is 706 g/mol. The van der Waals surface area contributed by atoms with Crippen molar-refractivity contribution in [2.75, 3.05) is 33.4 Å². The third kappa shape index (κ3) is 14.2. The molecule has 4 atom stereocenters. The molecule has 1 N–H and O–H groups in total. The minimum Gasteiger partial charge on any atom is -0.488 e. The summed E-state index contributed by atoms with van der Waals surface area (Å²) in [6, 6.07) is 5.25. The van der Waals surface area contributed by atoms with Crippen molar-refractivity contribution in [2.45, 2.75) is 105 Å².